The van der Waals surface area contributed by atoms with E-state index in [1.807, 2.05) is 44.2 Å². The average molecular weight is 194 g/mol. The molecule has 2 nitrogen and oxygen atoms in total. The van der Waals surface area contributed by atoms with E-state index in [2.05, 4.69) is 0 Å². The summed E-state index contributed by atoms with van der Waals surface area (Å²) in [7, 11) is 0. The highest BCUT2D eigenvalue weighted by atomic mass is 16.3. The van der Waals surface area contributed by atoms with Gasteiger partial charge in [0.1, 0.15) is 0 Å². The van der Waals surface area contributed by atoms with Crippen LogP contribution in [0.3, 0.4) is 0 Å². The molecule has 0 aliphatic heterocycles. The summed E-state index contributed by atoms with van der Waals surface area (Å²) in [5.74, 6) is -0.123. The van der Waals surface area contributed by atoms with Crippen molar-refractivity contribution in [3.8, 4) is 0 Å². The van der Waals surface area contributed by atoms with Crippen molar-refractivity contribution < 1.29 is 10.2 Å². The molecular weight excluding hydrogens is 176 g/mol. The SMILES string of the molecule is CC[C@H](O)[C@H](C)[C@@H](O)c1ccccc1. The molecule has 2 N–H and O–H groups in total. The van der Waals surface area contributed by atoms with Crippen molar-refractivity contribution in [2.45, 2.75) is 32.5 Å². The molecule has 0 radical (unpaired) electrons. The van der Waals surface area contributed by atoms with E-state index in [9.17, 15) is 10.2 Å². The fourth-order valence-electron chi connectivity index (χ4n) is 1.54. The van der Waals surface area contributed by atoms with E-state index in [-0.39, 0.29) is 5.92 Å². The van der Waals surface area contributed by atoms with Crippen molar-refractivity contribution in [1.29, 1.82) is 0 Å². The molecule has 0 saturated carbocycles. The van der Waals surface area contributed by atoms with Crippen LogP contribution in [-0.2, 0) is 0 Å². The standard InChI is InChI=1S/C12H18O2/c1-3-11(13)9(2)12(14)10-7-5-4-6-8-10/h4-9,11-14H,3H2,1-2H3/t9-,11-,12+/m0/s1. The molecule has 1 aromatic carbocycles. The first-order valence-electron chi connectivity index (χ1n) is 5.08. The fraction of sp³-hybridized carbons (Fsp3) is 0.500. The van der Waals surface area contributed by atoms with E-state index in [4.69, 9.17) is 0 Å². The van der Waals surface area contributed by atoms with Gasteiger partial charge >= 0.3 is 0 Å². The summed E-state index contributed by atoms with van der Waals surface area (Å²) in [6.45, 7) is 3.78. The van der Waals surface area contributed by atoms with Crippen LogP contribution in [0, 0.1) is 5.92 Å². The Morgan fingerprint density at radius 3 is 2.21 bits per heavy atom. The number of rotatable bonds is 4. The topological polar surface area (TPSA) is 40.5 Å². The molecule has 0 aliphatic carbocycles. The van der Waals surface area contributed by atoms with Crippen molar-refractivity contribution >= 4 is 0 Å². The number of hydrogen-bond donors (Lipinski definition) is 2. The largest absolute Gasteiger partial charge is 0.393 e. The van der Waals surface area contributed by atoms with Crippen molar-refractivity contribution in [3.05, 3.63) is 35.9 Å². The minimum atomic E-state index is -0.578. The zero-order chi connectivity index (χ0) is 10.6. The molecule has 0 bridgehead atoms. The number of aliphatic hydroxyl groups excluding tert-OH is 2. The van der Waals surface area contributed by atoms with Gasteiger partial charge < -0.3 is 10.2 Å². The molecule has 78 valence electrons. The maximum atomic E-state index is 9.93. The molecule has 0 aromatic heterocycles. The van der Waals surface area contributed by atoms with Gasteiger partial charge in [-0.3, -0.25) is 0 Å². The van der Waals surface area contributed by atoms with Crippen molar-refractivity contribution in [1.82, 2.24) is 0 Å². The molecule has 0 fully saturated rings. The molecule has 2 heteroatoms. The first-order chi connectivity index (χ1) is 6.66. The van der Waals surface area contributed by atoms with Gasteiger partial charge in [0.2, 0.25) is 0 Å². The van der Waals surface area contributed by atoms with E-state index in [1.54, 1.807) is 0 Å². The van der Waals surface area contributed by atoms with Crippen LogP contribution in [0.2, 0.25) is 0 Å². The molecular formula is C12H18O2. The maximum absolute atomic E-state index is 9.93. The highest BCUT2D eigenvalue weighted by Crippen LogP contribution is 2.25. The summed E-state index contributed by atoms with van der Waals surface area (Å²) < 4.78 is 0. The predicted molar refractivity (Wildman–Crippen MR) is 56.9 cm³/mol. The van der Waals surface area contributed by atoms with Crippen LogP contribution in [0.25, 0.3) is 0 Å². The van der Waals surface area contributed by atoms with Gasteiger partial charge in [0.25, 0.3) is 0 Å². The van der Waals surface area contributed by atoms with Crippen LogP contribution in [0.4, 0.5) is 0 Å². The molecule has 3 atom stereocenters. The van der Waals surface area contributed by atoms with Crippen LogP contribution in [0.5, 0.6) is 0 Å². The van der Waals surface area contributed by atoms with Crippen molar-refractivity contribution in [2.24, 2.45) is 5.92 Å². The van der Waals surface area contributed by atoms with Crippen LogP contribution < -0.4 is 0 Å². The number of hydrogen-bond acceptors (Lipinski definition) is 2. The minimum absolute atomic E-state index is 0.123. The number of benzene rings is 1. The third kappa shape index (κ3) is 2.56. The lowest BCUT2D eigenvalue weighted by Crippen LogP contribution is -2.23. The van der Waals surface area contributed by atoms with Gasteiger partial charge in [-0.15, -0.1) is 0 Å². The first kappa shape index (κ1) is 11.2. The van der Waals surface area contributed by atoms with Gasteiger partial charge in [0.15, 0.2) is 0 Å². The van der Waals surface area contributed by atoms with E-state index in [0.29, 0.717) is 6.42 Å². The molecule has 14 heavy (non-hydrogen) atoms. The van der Waals surface area contributed by atoms with Gasteiger partial charge in [0, 0.05) is 5.92 Å². The zero-order valence-electron chi connectivity index (χ0n) is 8.72. The molecule has 0 unspecified atom stereocenters. The van der Waals surface area contributed by atoms with Gasteiger partial charge in [-0.25, -0.2) is 0 Å². The van der Waals surface area contributed by atoms with Crippen LogP contribution >= 0.6 is 0 Å². The Labute approximate surface area is 85.2 Å². The summed E-state index contributed by atoms with van der Waals surface area (Å²) in [5, 5.41) is 19.5. The Balaban J connectivity index is 2.70. The lowest BCUT2D eigenvalue weighted by Gasteiger charge is -2.23. The average Bonchev–Trinajstić information content (AvgIpc) is 2.27. The molecule has 0 saturated heterocycles. The quantitative estimate of drug-likeness (QED) is 0.770. The lowest BCUT2D eigenvalue weighted by atomic mass is 9.91. The van der Waals surface area contributed by atoms with Crippen LogP contribution in [0.1, 0.15) is 31.9 Å². The van der Waals surface area contributed by atoms with E-state index < -0.39 is 12.2 Å². The monoisotopic (exact) mass is 194 g/mol. The molecule has 0 aliphatic rings. The molecule has 0 spiro atoms. The second-order valence-electron chi connectivity index (χ2n) is 3.69. The van der Waals surface area contributed by atoms with E-state index in [1.165, 1.54) is 0 Å². The first-order valence-corrected chi connectivity index (χ1v) is 5.08. The Morgan fingerprint density at radius 2 is 1.71 bits per heavy atom. The second kappa shape index (κ2) is 5.13. The Bertz CT molecular complexity index is 258. The highest BCUT2D eigenvalue weighted by Gasteiger charge is 2.21. The third-order valence-corrected chi connectivity index (χ3v) is 2.66. The molecule has 0 heterocycles. The molecule has 1 aromatic rings. The summed E-state index contributed by atoms with van der Waals surface area (Å²) in [4.78, 5) is 0. The number of aliphatic hydroxyl groups is 2. The van der Waals surface area contributed by atoms with Gasteiger partial charge in [0.05, 0.1) is 12.2 Å². The normalized spacial score (nSPS) is 17.4. The Morgan fingerprint density at radius 1 is 1.14 bits per heavy atom. The minimum Gasteiger partial charge on any atom is -0.393 e. The molecule has 0 amide bonds. The van der Waals surface area contributed by atoms with E-state index >= 15 is 0 Å². The second-order valence-corrected chi connectivity index (χ2v) is 3.69. The predicted octanol–water partition coefficient (Wildman–Crippen LogP) is 2.13. The highest BCUT2D eigenvalue weighted by molar-refractivity contribution is 5.18. The Kier molecular flexibility index (Phi) is 4.11. The van der Waals surface area contributed by atoms with Gasteiger partial charge in [-0.2, -0.15) is 0 Å². The Hall–Kier alpha value is -0.860. The van der Waals surface area contributed by atoms with Gasteiger partial charge in [-0.1, -0.05) is 44.2 Å². The summed E-state index contributed by atoms with van der Waals surface area (Å²) in [5.41, 5.74) is 0.868. The van der Waals surface area contributed by atoms with Crippen LogP contribution in [-0.4, -0.2) is 16.3 Å². The molecule has 1 rings (SSSR count). The zero-order valence-corrected chi connectivity index (χ0v) is 8.72. The summed E-state index contributed by atoms with van der Waals surface area (Å²) >= 11 is 0. The summed E-state index contributed by atoms with van der Waals surface area (Å²) in [6, 6.07) is 9.46. The maximum Gasteiger partial charge on any atom is 0.0840 e. The smallest absolute Gasteiger partial charge is 0.0840 e. The fourth-order valence-corrected chi connectivity index (χ4v) is 1.54. The van der Waals surface area contributed by atoms with Crippen molar-refractivity contribution in [3.63, 3.8) is 0 Å². The van der Waals surface area contributed by atoms with Gasteiger partial charge in [-0.05, 0) is 12.0 Å². The summed E-state index contributed by atoms with van der Waals surface area (Å²) in [6.07, 6.45) is -0.346. The van der Waals surface area contributed by atoms with Crippen LogP contribution in [0.15, 0.2) is 30.3 Å². The van der Waals surface area contributed by atoms with Crippen molar-refractivity contribution in [2.75, 3.05) is 0 Å². The lowest BCUT2D eigenvalue weighted by molar-refractivity contribution is 0.0192. The van der Waals surface area contributed by atoms with E-state index in [0.717, 1.165) is 5.56 Å². The third-order valence-electron chi connectivity index (χ3n) is 2.66.